The molecule has 0 unspecified atom stereocenters. The number of nitrogens with zero attached hydrogens (tertiary/aromatic N) is 2. The van der Waals surface area contributed by atoms with E-state index in [1.807, 2.05) is 48.5 Å². The Labute approximate surface area is 161 Å². The van der Waals surface area contributed by atoms with Gasteiger partial charge in [0.05, 0.1) is 0 Å². The van der Waals surface area contributed by atoms with E-state index in [2.05, 4.69) is 47.4 Å². The van der Waals surface area contributed by atoms with Gasteiger partial charge >= 0.3 is 0 Å². The van der Waals surface area contributed by atoms with Crippen molar-refractivity contribution in [1.29, 1.82) is 0 Å². The molecule has 0 fully saturated rings. The number of nitrogens with two attached hydrogens (primary N) is 1. The van der Waals surface area contributed by atoms with Gasteiger partial charge in [-0.2, -0.15) is 0 Å². The largest absolute Gasteiger partial charge is 0.326 e. The van der Waals surface area contributed by atoms with E-state index in [1.165, 1.54) is 11.1 Å². The molecular weight excluding hydrogens is 330 g/mol. The van der Waals surface area contributed by atoms with Crippen LogP contribution in [0, 0.1) is 18.8 Å². The van der Waals surface area contributed by atoms with Crippen molar-refractivity contribution in [3.8, 4) is 11.8 Å². The summed E-state index contributed by atoms with van der Waals surface area (Å²) < 4.78 is 0. The van der Waals surface area contributed by atoms with E-state index < -0.39 is 0 Å². The fourth-order valence-electron chi connectivity index (χ4n) is 2.36. The lowest BCUT2D eigenvalue weighted by molar-refractivity contribution is 1.13. The molecular formula is C24H23N3. The number of hydrogen-bond acceptors (Lipinski definition) is 3. The number of rotatable bonds is 3. The van der Waals surface area contributed by atoms with Crippen molar-refractivity contribution in [1.82, 2.24) is 9.97 Å². The molecule has 0 spiro atoms. The van der Waals surface area contributed by atoms with Crippen LogP contribution < -0.4 is 5.73 Å². The molecule has 0 aliphatic rings. The van der Waals surface area contributed by atoms with Crippen LogP contribution in [0.25, 0.3) is 5.57 Å². The molecule has 0 saturated carbocycles. The minimum Gasteiger partial charge on any atom is -0.326 e. The smallest absolute Gasteiger partial charge is 0.205 e. The molecule has 0 aliphatic carbocycles. The maximum Gasteiger partial charge on any atom is 0.205 e. The van der Waals surface area contributed by atoms with Gasteiger partial charge < -0.3 is 5.73 Å². The van der Waals surface area contributed by atoms with Crippen LogP contribution in [0.3, 0.4) is 0 Å². The maximum absolute atomic E-state index is 5.64. The predicted octanol–water partition coefficient (Wildman–Crippen LogP) is 4.40. The van der Waals surface area contributed by atoms with Crippen molar-refractivity contribution in [2.24, 2.45) is 5.73 Å². The second kappa shape index (κ2) is 11.2. The van der Waals surface area contributed by atoms with Crippen molar-refractivity contribution in [3.05, 3.63) is 114 Å². The summed E-state index contributed by atoms with van der Waals surface area (Å²) in [5, 5.41) is 0. The number of hydrogen-bond donors (Lipinski definition) is 1. The summed E-state index contributed by atoms with van der Waals surface area (Å²) >= 11 is 0. The van der Waals surface area contributed by atoms with Crippen molar-refractivity contribution in [2.45, 2.75) is 6.92 Å². The lowest BCUT2D eigenvalue weighted by Crippen LogP contribution is -2.03. The minimum absolute atomic E-state index is 0.552. The van der Waals surface area contributed by atoms with Gasteiger partial charge in [-0.05, 0) is 47.7 Å². The van der Waals surface area contributed by atoms with Crippen LogP contribution in [0.4, 0.5) is 0 Å². The van der Waals surface area contributed by atoms with Crippen molar-refractivity contribution >= 4 is 5.57 Å². The lowest BCUT2D eigenvalue weighted by Gasteiger charge is -2.07. The number of benzene rings is 2. The van der Waals surface area contributed by atoms with Crippen molar-refractivity contribution in [3.63, 3.8) is 0 Å². The Bertz CT molecular complexity index is 890. The third-order valence-electron chi connectivity index (χ3n) is 3.69. The number of allylic oxidation sites excluding steroid dienone is 2. The first-order valence-corrected chi connectivity index (χ1v) is 8.66. The Kier molecular flexibility index (Phi) is 8.23. The first-order valence-electron chi connectivity index (χ1n) is 8.66. The van der Waals surface area contributed by atoms with Gasteiger partial charge in [-0.15, -0.1) is 0 Å². The van der Waals surface area contributed by atoms with E-state index in [9.17, 15) is 0 Å². The SMILES string of the molecule is C(#Cc1ncccn1)c1ccccc1.C=C/C=C(/CN)c1ccccc1C. The van der Waals surface area contributed by atoms with Gasteiger partial charge in [0.1, 0.15) is 0 Å². The third kappa shape index (κ3) is 6.74. The van der Waals surface area contributed by atoms with E-state index in [1.54, 1.807) is 24.5 Å². The molecule has 0 atom stereocenters. The van der Waals surface area contributed by atoms with Gasteiger partial charge in [0, 0.05) is 24.5 Å². The lowest BCUT2D eigenvalue weighted by atomic mass is 10.0. The van der Waals surface area contributed by atoms with Gasteiger partial charge in [0.15, 0.2) is 0 Å². The molecule has 0 bridgehead atoms. The van der Waals surface area contributed by atoms with Crippen LogP contribution in [0.5, 0.6) is 0 Å². The van der Waals surface area contributed by atoms with Crippen molar-refractivity contribution in [2.75, 3.05) is 6.54 Å². The second-order valence-corrected chi connectivity index (χ2v) is 5.64. The molecule has 27 heavy (non-hydrogen) atoms. The maximum atomic E-state index is 5.64. The van der Waals surface area contributed by atoms with Crippen LogP contribution >= 0.6 is 0 Å². The Hall–Kier alpha value is -3.48. The molecule has 3 rings (SSSR count). The van der Waals surface area contributed by atoms with E-state index in [0.717, 1.165) is 11.1 Å². The Morgan fingerprint density at radius 1 is 0.963 bits per heavy atom. The molecule has 0 radical (unpaired) electrons. The highest BCUT2D eigenvalue weighted by Crippen LogP contribution is 2.17. The van der Waals surface area contributed by atoms with Gasteiger partial charge in [-0.25, -0.2) is 9.97 Å². The third-order valence-corrected chi connectivity index (χ3v) is 3.69. The van der Waals surface area contributed by atoms with Crippen LogP contribution in [0.1, 0.15) is 22.5 Å². The molecule has 2 aromatic carbocycles. The highest BCUT2D eigenvalue weighted by molar-refractivity contribution is 5.70. The molecule has 0 amide bonds. The Balaban J connectivity index is 0.000000194. The van der Waals surface area contributed by atoms with Gasteiger partial charge in [0.25, 0.3) is 0 Å². The van der Waals surface area contributed by atoms with Gasteiger partial charge in [0.2, 0.25) is 5.82 Å². The molecule has 3 aromatic rings. The van der Waals surface area contributed by atoms with E-state index in [0.29, 0.717) is 12.4 Å². The van der Waals surface area contributed by atoms with Crippen LogP contribution in [0.15, 0.2) is 91.8 Å². The highest BCUT2D eigenvalue weighted by Gasteiger charge is 2.00. The summed E-state index contributed by atoms with van der Waals surface area (Å²) in [5.41, 5.74) is 10.2. The molecule has 3 heteroatoms. The average Bonchev–Trinajstić information content (AvgIpc) is 2.73. The summed E-state index contributed by atoms with van der Waals surface area (Å²) in [6.07, 6.45) is 7.10. The molecule has 134 valence electrons. The standard InChI is InChI=1S/C12H8N2.C12H15N/c1-2-5-11(6-3-1)7-8-12-13-9-4-10-14-12;1-3-6-11(9-13)12-8-5-4-7-10(12)2/h1-6,9-10H;3-8H,1,9,13H2,2H3/b;11-6-. The molecule has 1 heterocycles. The quantitative estimate of drug-likeness (QED) is 0.561. The summed E-state index contributed by atoms with van der Waals surface area (Å²) in [7, 11) is 0. The van der Waals surface area contributed by atoms with E-state index >= 15 is 0 Å². The zero-order valence-corrected chi connectivity index (χ0v) is 15.5. The van der Waals surface area contributed by atoms with E-state index in [-0.39, 0.29) is 0 Å². The normalized spacial score (nSPS) is 10.1. The summed E-state index contributed by atoms with van der Waals surface area (Å²) in [6.45, 7) is 6.31. The number of aromatic nitrogens is 2. The molecule has 0 saturated heterocycles. The number of aryl methyl sites for hydroxylation is 1. The second-order valence-electron chi connectivity index (χ2n) is 5.64. The Morgan fingerprint density at radius 3 is 2.26 bits per heavy atom. The minimum atomic E-state index is 0.552. The summed E-state index contributed by atoms with van der Waals surface area (Å²) in [5.74, 6) is 6.43. The van der Waals surface area contributed by atoms with Crippen LogP contribution in [0.2, 0.25) is 0 Å². The van der Waals surface area contributed by atoms with Gasteiger partial charge in [-0.1, -0.05) is 67.1 Å². The zero-order valence-electron chi connectivity index (χ0n) is 15.5. The summed E-state index contributed by atoms with van der Waals surface area (Å²) in [4.78, 5) is 8.02. The first kappa shape index (κ1) is 19.8. The molecule has 0 aliphatic heterocycles. The average molecular weight is 353 g/mol. The van der Waals surface area contributed by atoms with E-state index in [4.69, 9.17) is 5.73 Å². The summed E-state index contributed by atoms with van der Waals surface area (Å²) in [6, 6.07) is 19.8. The molecule has 1 aromatic heterocycles. The fraction of sp³-hybridized carbons (Fsp3) is 0.0833. The van der Waals surface area contributed by atoms with Crippen LogP contribution in [-0.2, 0) is 0 Å². The predicted molar refractivity (Wildman–Crippen MR) is 113 cm³/mol. The highest BCUT2D eigenvalue weighted by atomic mass is 14.8. The fourth-order valence-corrected chi connectivity index (χ4v) is 2.36. The van der Waals surface area contributed by atoms with Gasteiger partial charge in [-0.3, -0.25) is 0 Å². The zero-order chi connectivity index (χ0) is 19.3. The monoisotopic (exact) mass is 353 g/mol. The Morgan fingerprint density at radius 2 is 1.63 bits per heavy atom. The van der Waals surface area contributed by atoms with Crippen molar-refractivity contribution < 1.29 is 0 Å². The topological polar surface area (TPSA) is 51.8 Å². The molecule has 2 N–H and O–H groups in total. The molecule has 3 nitrogen and oxygen atoms in total. The first-order chi connectivity index (χ1) is 13.2. The van der Waals surface area contributed by atoms with Crippen LogP contribution in [-0.4, -0.2) is 16.5 Å².